The third kappa shape index (κ3) is 3.20. The summed E-state index contributed by atoms with van der Waals surface area (Å²) < 4.78 is 15.4. The second-order valence-electron chi connectivity index (χ2n) is 5.55. The summed E-state index contributed by atoms with van der Waals surface area (Å²) in [5, 5.41) is 19.7. The summed E-state index contributed by atoms with van der Waals surface area (Å²) in [6.45, 7) is 6.79. The van der Waals surface area contributed by atoms with Crippen LogP contribution in [-0.4, -0.2) is 54.0 Å². The fraction of sp³-hybridized carbons (Fsp3) is 0.917. The number of rotatable bonds is 2. The molecule has 5 atom stereocenters. The molecule has 0 aliphatic carbocycles. The Balaban J connectivity index is 2.74. The Hall–Kier alpha value is -0.690. The number of esters is 1. The second kappa shape index (κ2) is 5.52. The van der Waals surface area contributed by atoms with E-state index in [9.17, 15) is 15.0 Å². The van der Waals surface area contributed by atoms with Crippen LogP contribution in [0.5, 0.6) is 0 Å². The summed E-state index contributed by atoms with van der Waals surface area (Å²) in [5.41, 5.74) is -0.678. The molecular formula is C12H22O6. The van der Waals surface area contributed by atoms with Crippen molar-refractivity contribution in [3.05, 3.63) is 0 Å². The van der Waals surface area contributed by atoms with Crippen molar-refractivity contribution >= 4 is 5.97 Å². The van der Waals surface area contributed by atoms with Crippen LogP contribution in [-0.2, 0) is 19.0 Å². The summed E-state index contributed by atoms with van der Waals surface area (Å²) in [6.07, 6.45) is -4.86. The molecule has 0 saturated carbocycles. The molecule has 1 aliphatic rings. The van der Waals surface area contributed by atoms with Gasteiger partial charge in [-0.15, -0.1) is 0 Å². The average molecular weight is 262 g/mol. The monoisotopic (exact) mass is 262 g/mol. The molecule has 0 aromatic rings. The van der Waals surface area contributed by atoms with Crippen LogP contribution in [0.25, 0.3) is 0 Å². The Morgan fingerprint density at radius 3 is 2.22 bits per heavy atom. The van der Waals surface area contributed by atoms with Gasteiger partial charge in [0.15, 0.2) is 12.4 Å². The molecule has 2 N–H and O–H groups in total. The molecule has 0 aromatic heterocycles. The lowest BCUT2D eigenvalue weighted by atomic mass is 9.95. The second-order valence-corrected chi connectivity index (χ2v) is 5.55. The summed E-state index contributed by atoms with van der Waals surface area (Å²) in [7, 11) is 1.37. The molecule has 106 valence electrons. The Kier molecular flexibility index (Phi) is 4.72. The molecule has 1 heterocycles. The molecule has 1 aliphatic heterocycles. The smallest absolute Gasteiger partial charge is 0.311 e. The van der Waals surface area contributed by atoms with Gasteiger partial charge in [0.05, 0.1) is 11.5 Å². The van der Waals surface area contributed by atoms with E-state index in [4.69, 9.17) is 14.2 Å². The Morgan fingerprint density at radius 2 is 1.78 bits per heavy atom. The van der Waals surface area contributed by atoms with Crippen molar-refractivity contribution in [2.45, 2.75) is 58.4 Å². The predicted molar refractivity (Wildman–Crippen MR) is 62.7 cm³/mol. The van der Waals surface area contributed by atoms with Gasteiger partial charge in [0.1, 0.15) is 12.2 Å². The summed E-state index contributed by atoms with van der Waals surface area (Å²) >= 11 is 0. The van der Waals surface area contributed by atoms with E-state index < -0.39 is 42.1 Å². The lowest BCUT2D eigenvalue weighted by Crippen LogP contribution is -2.58. The molecule has 1 rings (SSSR count). The molecule has 6 heteroatoms. The maximum Gasteiger partial charge on any atom is 0.311 e. The van der Waals surface area contributed by atoms with Gasteiger partial charge in [-0.2, -0.15) is 0 Å². The highest BCUT2D eigenvalue weighted by Gasteiger charge is 2.45. The minimum Gasteiger partial charge on any atom is -0.456 e. The minimum atomic E-state index is -1.25. The van der Waals surface area contributed by atoms with E-state index in [0.717, 1.165) is 0 Å². The van der Waals surface area contributed by atoms with Crippen molar-refractivity contribution in [2.24, 2.45) is 5.41 Å². The third-order valence-electron chi connectivity index (χ3n) is 2.86. The van der Waals surface area contributed by atoms with Crippen molar-refractivity contribution in [3.8, 4) is 0 Å². The largest absolute Gasteiger partial charge is 0.456 e. The molecule has 0 aromatic carbocycles. The summed E-state index contributed by atoms with van der Waals surface area (Å²) in [6, 6.07) is 0. The van der Waals surface area contributed by atoms with Crippen molar-refractivity contribution in [1.82, 2.24) is 0 Å². The molecular weight excluding hydrogens is 240 g/mol. The molecule has 0 spiro atoms. The third-order valence-corrected chi connectivity index (χ3v) is 2.86. The molecule has 18 heavy (non-hydrogen) atoms. The van der Waals surface area contributed by atoms with Gasteiger partial charge < -0.3 is 24.4 Å². The first-order chi connectivity index (χ1) is 8.18. The van der Waals surface area contributed by atoms with Crippen molar-refractivity contribution in [3.63, 3.8) is 0 Å². The van der Waals surface area contributed by atoms with Crippen LogP contribution in [0.1, 0.15) is 27.7 Å². The molecule has 0 amide bonds. The fourth-order valence-corrected chi connectivity index (χ4v) is 1.66. The highest BCUT2D eigenvalue weighted by Crippen LogP contribution is 2.26. The Labute approximate surface area is 107 Å². The molecule has 1 fully saturated rings. The molecule has 0 radical (unpaired) electrons. The number of methoxy groups -OCH3 is 1. The van der Waals surface area contributed by atoms with E-state index in [0.29, 0.717) is 0 Å². The highest BCUT2D eigenvalue weighted by atomic mass is 16.7. The standard InChI is InChI=1S/C12H22O6/c1-6-9(18-11(15)12(2,3)4)7(13)8(14)10(16-5)17-6/h6-10,13-14H,1-5H3/t6-,7-,8+,9-,10+/m0/s1. The number of carbonyl (C=O) groups excluding carboxylic acids is 1. The quantitative estimate of drug-likeness (QED) is 0.684. The number of carbonyl (C=O) groups is 1. The van der Waals surface area contributed by atoms with Crippen molar-refractivity contribution in [1.29, 1.82) is 0 Å². The van der Waals surface area contributed by atoms with E-state index >= 15 is 0 Å². The van der Waals surface area contributed by atoms with Gasteiger partial charge >= 0.3 is 5.97 Å². The first-order valence-electron chi connectivity index (χ1n) is 5.94. The van der Waals surface area contributed by atoms with Crippen molar-refractivity contribution < 1.29 is 29.2 Å². The van der Waals surface area contributed by atoms with Gasteiger partial charge in [-0.1, -0.05) is 0 Å². The van der Waals surface area contributed by atoms with Gasteiger partial charge in [-0.3, -0.25) is 4.79 Å². The van der Waals surface area contributed by atoms with Crippen LogP contribution in [0, 0.1) is 5.41 Å². The lowest BCUT2D eigenvalue weighted by molar-refractivity contribution is -0.290. The molecule has 0 bridgehead atoms. The molecule has 6 nitrogen and oxygen atoms in total. The Morgan fingerprint density at radius 1 is 1.22 bits per heavy atom. The zero-order valence-corrected chi connectivity index (χ0v) is 11.4. The first kappa shape index (κ1) is 15.4. The van der Waals surface area contributed by atoms with E-state index in [-0.39, 0.29) is 0 Å². The average Bonchev–Trinajstić information content (AvgIpc) is 2.27. The minimum absolute atomic E-state index is 0.454. The number of aliphatic hydroxyl groups is 2. The van der Waals surface area contributed by atoms with Crippen LogP contribution in [0.2, 0.25) is 0 Å². The van der Waals surface area contributed by atoms with E-state index in [1.165, 1.54) is 7.11 Å². The number of aliphatic hydroxyl groups excluding tert-OH is 2. The number of hydrogen-bond donors (Lipinski definition) is 2. The first-order valence-corrected chi connectivity index (χ1v) is 5.94. The van der Waals surface area contributed by atoms with Gasteiger partial charge in [-0.25, -0.2) is 0 Å². The van der Waals surface area contributed by atoms with Crippen LogP contribution in [0.3, 0.4) is 0 Å². The SMILES string of the molecule is CO[C@@H]1O[C@@H](C)[C@H](OC(=O)C(C)(C)C)[C@@H](O)[C@H]1O. The van der Waals surface area contributed by atoms with E-state index in [1.54, 1.807) is 27.7 Å². The zero-order valence-electron chi connectivity index (χ0n) is 11.4. The Bertz CT molecular complexity index is 297. The summed E-state index contributed by atoms with van der Waals surface area (Å²) in [5.74, 6) is -0.454. The normalized spacial score (nSPS) is 37.4. The van der Waals surface area contributed by atoms with Crippen LogP contribution < -0.4 is 0 Å². The number of hydrogen-bond acceptors (Lipinski definition) is 6. The van der Waals surface area contributed by atoms with Crippen LogP contribution in [0.15, 0.2) is 0 Å². The maximum atomic E-state index is 11.8. The fourth-order valence-electron chi connectivity index (χ4n) is 1.66. The van der Waals surface area contributed by atoms with E-state index in [1.807, 2.05) is 0 Å². The van der Waals surface area contributed by atoms with Gasteiger partial charge in [0.2, 0.25) is 0 Å². The van der Waals surface area contributed by atoms with Crippen molar-refractivity contribution in [2.75, 3.05) is 7.11 Å². The maximum absolute atomic E-state index is 11.8. The lowest BCUT2D eigenvalue weighted by Gasteiger charge is -2.40. The summed E-state index contributed by atoms with van der Waals surface area (Å²) in [4.78, 5) is 11.8. The topological polar surface area (TPSA) is 85.2 Å². The van der Waals surface area contributed by atoms with Gasteiger partial charge in [0, 0.05) is 7.11 Å². The van der Waals surface area contributed by atoms with Crippen LogP contribution in [0.4, 0.5) is 0 Å². The zero-order chi connectivity index (χ0) is 14.1. The number of ether oxygens (including phenoxy) is 3. The molecule has 0 unspecified atom stereocenters. The van der Waals surface area contributed by atoms with E-state index in [2.05, 4.69) is 0 Å². The van der Waals surface area contributed by atoms with Crippen LogP contribution >= 0.6 is 0 Å². The highest BCUT2D eigenvalue weighted by molar-refractivity contribution is 5.75. The van der Waals surface area contributed by atoms with Gasteiger partial charge in [-0.05, 0) is 27.7 Å². The molecule has 1 saturated heterocycles. The van der Waals surface area contributed by atoms with Gasteiger partial charge in [0.25, 0.3) is 0 Å². The predicted octanol–water partition coefficient (Wildman–Crippen LogP) is 0.0573.